The van der Waals surface area contributed by atoms with Gasteiger partial charge in [0, 0.05) is 5.56 Å². The van der Waals surface area contributed by atoms with Gasteiger partial charge in [-0.1, -0.05) is 19.1 Å². The van der Waals surface area contributed by atoms with E-state index in [2.05, 4.69) is 0 Å². The molecule has 2 atom stereocenters. The lowest BCUT2D eigenvalue weighted by Crippen LogP contribution is -2.05. The number of hydrogen-bond acceptors (Lipinski definition) is 4. The van der Waals surface area contributed by atoms with Crippen molar-refractivity contribution in [1.82, 2.24) is 0 Å². The molecular weight excluding hydrogens is 196 g/mol. The van der Waals surface area contributed by atoms with Gasteiger partial charge >= 0.3 is 0 Å². The molecule has 1 aromatic rings. The molecule has 1 aliphatic heterocycles. The second-order valence-electron chi connectivity index (χ2n) is 3.27. The van der Waals surface area contributed by atoms with E-state index in [1.165, 1.54) is 0 Å². The zero-order valence-corrected chi connectivity index (χ0v) is 8.80. The van der Waals surface area contributed by atoms with Crippen LogP contribution in [0.4, 0.5) is 0 Å². The Bertz CT molecular complexity index is 309. The lowest BCUT2D eigenvalue weighted by Gasteiger charge is -2.07. The molecule has 0 bridgehead atoms. The van der Waals surface area contributed by atoms with Crippen molar-refractivity contribution in [1.29, 1.82) is 0 Å². The van der Waals surface area contributed by atoms with E-state index in [-0.39, 0.29) is 6.29 Å². The zero-order chi connectivity index (χ0) is 10.7. The summed E-state index contributed by atoms with van der Waals surface area (Å²) in [4.78, 5) is 10.0. The van der Waals surface area contributed by atoms with E-state index in [9.17, 15) is 0 Å². The van der Waals surface area contributed by atoms with Gasteiger partial charge in [-0.25, -0.2) is 4.89 Å². The van der Waals surface area contributed by atoms with E-state index < -0.39 is 6.29 Å². The molecule has 15 heavy (non-hydrogen) atoms. The van der Waals surface area contributed by atoms with Crippen molar-refractivity contribution >= 4 is 0 Å². The molecule has 0 N–H and O–H groups in total. The first-order chi connectivity index (χ1) is 7.33. The van der Waals surface area contributed by atoms with Crippen molar-refractivity contribution in [2.75, 3.05) is 7.11 Å². The quantitative estimate of drug-likeness (QED) is 0.718. The third kappa shape index (κ3) is 2.28. The Morgan fingerprint density at radius 3 is 2.47 bits per heavy atom. The summed E-state index contributed by atoms with van der Waals surface area (Å²) >= 11 is 0. The summed E-state index contributed by atoms with van der Waals surface area (Å²) in [5.41, 5.74) is 0.923. The maximum absolute atomic E-state index is 5.48. The lowest BCUT2D eigenvalue weighted by molar-refractivity contribution is -0.298. The third-order valence-corrected chi connectivity index (χ3v) is 2.25. The van der Waals surface area contributed by atoms with E-state index in [1.54, 1.807) is 7.11 Å². The molecule has 0 saturated carbocycles. The Hall–Kier alpha value is -1.10. The highest BCUT2D eigenvalue weighted by Crippen LogP contribution is 2.29. The van der Waals surface area contributed by atoms with Crippen LogP contribution in [0.5, 0.6) is 5.75 Å². The second-order valence-corrected chi connectivity index (χ2v) is 3.27. The molecule has 1 heterocycles. The lowest BCUT2D eigenvalue weighted by atomic mass is 10.2. The van der Waals surface area contributed by atoms with Crippen molar-refractivity contribution in [3.05, 3.63) is 29.8 Å². The first kappa shape index (κ1) is 10.4. The van der Waals surface area contributed by atoms with Gasteiger partial charge < -0.3 is 9.47 Å². The Kier molecular flexibility index (Phi) is 3.20. The number of hydrogen-bond donors (Lipinski definition) is 0. The minimum atomic E-state index is -0.430. The van der Waals surface area contributed by atoms with Gasteiger partial charge in [0.05, 0.1) is 7.11 Å². The van der Waals surface area contributed by atoms with Crippen LogP contribution in [0, 0.1) is 0 Å². The SMILES string of the molecule is CCC1OOC(c2ccc(OC)cc2)O1. The minimum Gasteiger partial charge on any atom is -0.497 e. The molecule has 1 aromatic carbocycles. The predicted molar refractivity (Wildman–Crippen MR) is 53.1 cm³/mol. The number of ether oxygens (including phenoxy) is 2. The van der Waals surface area contributed by atoms with Crippen LogP contribution in [-0.2, 0) is 14.5 Å². The molecule has 2 rings (SSSR count). The molecule has 2 unspecified atom stereocenters. The molecule has 0 spiro atoms. The topological polar surface area (TPSA) is 36.9 Å². The molecule has 1 saturated heterocycles. The Labute approximate surface area is 88.6 Å². The Morgan fingerprint density at radius 1 is 1.20 bits per heavy atom. The molecule has 0 radical (unpaired) electrons. The van der Waals surface area contributed by atoms with E-state index >= 15 is 0 Å². The largest absolute Gasteiger partial charge is 0.497 e. The number of benzene rings is 1. The maximum atomic E-state index is 5.48. The van der Waals surface area contributed by atoms with E-state index in [0.29, 0.717) is 0 Å². The van der Waals surface area contributed by atoms with Crippen LogP contribution in [0.3, 0.4) is 0 Å². The van der Waals surface area contributed by atoms with Crippen molar-refractivity contribution in [2.24, 2.45) is 0 Å². The molecule has 4 heteroatoms. The zero-order valence-electron chi connectivity index (χ0n) is 8.80. The van der Waals surface area contributed by atoms with Gasteiger partial charge in [-0.05, 0) is 18.6 Å². The highest BCUT2D eigenvalue weighted by Gasteiger charge is 2.27. The second kappa shape index (κ2) is 4.61. The predicted octanol–water partition coefficient (Wildman–Crippen LogP) is 2.41. The number of methoxy groups -OCH3 is 1. The van der Waals surface area contributed by atoms with E-state index in [4.69, 9.17) is 19.2 Å². The van der Waals surface area contributed by atoms with Crippen LogP contribution in [0.2, 0.25) is 0 Å². The summed E-state index contributed by atoms with van der Waals surface area (Å²) in [5.74, 6) is 0.810. The summed E-state index contributed by atoms with van der Waals surface area (Å²) in [6.45, 7) is 1.98. The fraction of sp³-hybridized carbons (Fsp3) is 0.455. The normalized spacial score (nSPS) is 25.5. The van der Waals surface area contributed by atoms with Gasteiger partial charge in [0.1, 0.15) is 5.75 Å². The van der Waals surface area contributed by atoms with Crippen LogP contribution >= 0.6 is 0 Å². The molecule has 82 valence electrons. The Morgan fingerprint density at radius 2 is 1.93 bits per heavy atom. The van der Waals surface area contributed by atoms with E-state index in [0.717, 1.165) is 17.7 Å². The van der Waals surface area contributed by atoms with Crippen molar-refractivity contribution in [2.45, 2.75) is 25.9 Å². The standard InChI is InChI=1S/C11H14O4/c1-3-10-13-11(15-14-10)8-4-6-9(12-2)7-5-8/h4-7,10-11H,3H2,1-2H3. The van der Waals surface area contributed by atoms with Gasteiger partial charge in [-0.2, -0.15) is 4.89 Å². The van der Waals surface area contributed by atoms with E-state index in [1.807, 2.05) is 31.2 Å². The van der Waals surface area contributed by atoms with Gasteiger partial charge in [-0.3, -0.25) is 0 Å². The van der Waals surface area contributed by atoms with Gasteiger partial charge in [-0.15, -0.1) is 0 Å². The highest BCUT2D eigenvalue weighted by atomic mass is 17.3. The van der Waals surface area contributed by atoms with Crippen LogP contribution in [0.1, 0.15) is 25.2 Å². The molecule has 0 aliphatic carbocycles. The fourth-order valence-corrected chi connectivity index (χ4v) is 1.36. The monoisotopic (exact) mass is 210 g/mol. The van der Waals surface area contributed by atoms with Gasteiger partial charge in [0.15, 0.2) is 6.29 Å². The minimum absolute atomic E-state index is 0.267. The molecule has 0 aromatic heterocycles. The highest BCUT2D eigenvalue weighted by molar-refractivity contribution is 5.27. The van der Waals surface area contributed by atoms with Crippen LogP contribution in [-0.4, -0.2) is 13.4 Å². The summed E-state index contributed by atoms with van der Waals surface area (Å²) in [6, 6.07) is 7.51. The average Bonchev–Trinajstić information content (AvgIpc) is 2.78. The van der Waals surface area contributed by atoms with Gasteiger partial charge in [0.25, 0.3) is 0 Å². The summed E-state index contributed by atoms with van der Waals surface area (Å²) in [5, 5.41) is 0. The molecule has 0 amide bonds. The number of rotatable bonds is 3. The molecule has 4 nitrogen and oxygen atoms in total. The van der Waals surface area contributed by atoms with Crippen LogP contribution in [0.15, 0.2) is 24.3 Å². The fourth-order valence-electron chi connectivity index (χ4n) is 1.36. The first-order valence-corrected chi connectivity index (χ1v) is 4.95. The van der Waals surface area contributed by atoms with Crippen LogP contribution in [0.25, 0.3) is 0 Å². The van der Waals surface area contributed by atoms with Crippen molar-refractivity contribution in [3.8, 4) is 5.75 Å². The van der Waals surface area contributed by atoms with Gasteiger partial charge in [0.2, 0.25) is 6.29 Å². The third-order valence-electron chi connectivity index (χ3n) is 2.25. The summed E-state index contributed by atoms with van der Waals surface area (Å²) < 4.78 is 10.5. The van der Waals surface area contributed by atoms with Crippen LogP contribution < -0.4 is 4.74 Å². The molecule has 1 aliphatic rings. The Balaban J connectivity index is 2.04. The molecular formula is C11H14O4. The van der Waals surface area contributed by atoms with Crippen molar-refractivity contribution < 1.29 is 19.2 Å². The first-order valence-electron chi connectivity index (χ1n) is 4.95. The van der Waals surface area contributed by atoms with Crippen molar-refractivity contribution in [3.63, 3.8) is 0 Å². The molecule has 1 fully saturated rings. The smallest absolute Gasteiger partial charge is 0.220 e. The summed E-state index contributed by atoms with van der Waals surface area (Å²) in [7, 11) is 1.63. The average molecular weight is 210 g/mol. The maximum Gasteiger partial charge on any atom is 0.220 e. The summed E-state index contributed by atoms with van der Waals surface area (Å²) in [6.07, 6.45) is 0.0742.